The van der Waals surface area contributed by atoms with Crippen LogP contribution in [0.2, 0.25) is 0 Å². The lowest BCUT2D eigenvalue weighted by Gasteiger charge is -2.20. The first kappa shape index (κ1) is 30.6. The average Bonchev–Trinajstić information content (AvgIpc) is 3.70. The van der Waals surface area contributed by atoms with Crippen LogP contribution in [0.4, 0.5) is 24.8 Å². The van der Waals surface area contributed by atoms with E-state index < -0.39 is 17.6 Å². The summed E-state index contributed by atoms with van der Waals surface area (Å²) in [6, 6.07) is 14.0. The molecule has 12 heteroatoms. The number of likely N-dealkylation sites (tertiary alicyclic amines) is 1. The van der Waals surface area contributed by atoms with Gasteiger partial charge in [-0.05, 0) is 108 Å². The summed E-state index contributed by atoms with van der Waals surface area (Å²) >= 11 is 0. The fourth-order valence-electron chi connectivity index (χ4n) is 7.35. The van der Waals surface area contributed by atoms with E-state index in [1.54, 1.807) is 41.2 Å². The number of nitrogens with one attached hydrogen (secondary N) is 1. The number of pyridine rings is 1. The van der Waals surface area contributed by atoms with Gasteiger partial charge >= 0.3 is 6.18 Å². The van der Waals surface area contributed by atoms with E-state index in [0.29, 0.717) is 51.4 Å². The number of hydrogen-bond donors (Lipinski definition) is 1. The maximum Gasteiger partial charge on any atom is 0.416 e. The molecule has 3 fully saturated rings. The standard InChI is InChI=1S/C36H35F3N8O/c1-34(2)15-29(34)42-30-13-23(25-10-21(16-40)4-5-24(25)32-44-41-20-45(32)3)14-31(43-30)47-18-27-26(33(47)48)11-22(12-28(27)36(37,38)39)17-46-9-8-35(19-46)6-7-35/h4-5,10-14,20,29H,6-9,15,17-19H2,1-3H3,(H,42,43)/t29-/m0/s1. The van der Waals surface area contributed by atoms with Crippen LogP contribution in [0.5, 0.6) is 0 Å². The molecule has 2 aromatic heterocycles. The number of nitrogens with zero attached hydrogens (tertiary/aromatic N) is 7. The second kappa shape index (κ2) is 10.6. The second-order valence-electron chi connectivity index (χ2n) is 14.6. The van der Waals surface area contributed by atoms with E-state index in [0.717, 1.165) is 25.9 Å². The van der Waals surface area contributed by atoms with Crippen molar-refractivity contribution in [1.82, 2.24) is 24.6 Å². The van der Waals surface area contributed by atoms with Crippen molar-refractivity contribution in [3.05, 3.63) is 76.6 Å². The molecule has 2 aliphatic heterocycles. The first-order chi connectivity index (χ1) is 22.8. The Morgan fingerprint density at radius 2 is 1.85 bits per heavy atom. The molecule has 0 bridgehead atoms. The van der Waals surface area contributed by atoms with E-state index in [4.69, 9.17) is 4.98 Å². The zero-order chi connectivity index (χ0) is 33.6. The van der Waals surface area contributed by atoms with Crippen LogP contribution in [-0.2, 0) is 26.3 Å². The highest BCUT2D eigenvalue weighted by molar-refractivity contribution is 6.10. The van der Waals surface area contributed by atoms with Gasteiger partial charge in [-0.1, -0.05) is 13.8 Å². The molecule has 48 heavy (non-hydrogen) atoms. The summed E-state index contributed by atoms with van der Waals surface area (Å²) in [5, 5.41) is 21.5. The van der Waals surface area contributed by atoms with Crippen molar-refractivity contribution in [2.24, 2.45) is 17.9 Å². The largest absolute Gasteiger partial charge is 0.416 e. The van der Waals surface area contributed by atoms with Gasteiger partial charge in [-0.15, -0.1) is 10.2 Å². The minimum absolute atomic E-state index is 0.0346. The number of aromatic nitrogens is 4. The van der Waals surface area contributed by atoms with Gasteiger partial charge in [0, 0.05) is 37.3 Å². The van der Waals surface area contributed by atoms with Gasteiger partial charge in [0.1, 0.15) is 18.0 Å². The second-order valence-corrected chi connectivity index (χ2v) is 14.6. The maximum atomic E-state index is 14.6. The third kappa shape index (κ3) is 5.40. The Bertz CT molecular complexity index is 2020. The number of nitriles is 1. The Labute approximate surface area is 276 Å². The number of benzene rings is 2. The van der Waals surface area contributed by atoms with Crippen molar-refractivity contribution in [2.75, 3.05) is 23.3 Å². The Morgan fingerprint density at radius 3 is 2.50 bits per heavy atom. The molecule has 0 unspecified atom stereocenters. The number of carbonyl (C=O) groups is 1. The van der Waals surface area contributed by atoms with Gasteiger partial charge in [0.2, 0.25) is 0 Å². The fourth-order valence-corrected chi connectivity index (χ4v) is 7.35. The van der Waals surface area contributed by atoms with Crippen molar-refractivity contribution in [3.63, 3.8) is 0 Å². The summed E-state index contributed by atoms with van der Waals surface area (Å²) in [5.41, 5.74) is 2.57. The lowest BCUT2D eigenvalue weighted by molar-refractivity contribution is -0.138. The quantitative estimate of drug-likeness (QED) is 0.235. The first-order valence-corrected chi connectivity index (χ1v) is 16.3. The molecule has 1 spiro atoms. The predicted octanol–water partition coefficient (Wildman–Crippen LogP) is 6.79. The van der Waals surface area contributed by atoms with Crippen LogP contribution in [0.25, 0.3) is 22.5 Å². The molecule has 2 aromatic carbocycles. The molecule has 1 amide bonds. The predicted molar refractivity (Wildman–Crippen MR) is 174 cm³/mol. The van der Waals surface area contributed by atoms with E-state index in [2.05, 4.69) is 40.3 Å². The van der Waals surface area contributed by atoms with Crippen LogP contribution >= 0.6 is 0 Å². The topological polar surface area (TPSA) is 103 Å². The van der Waals surface area contributed by atoms with Gasteiger partial charge < -0.3 is 9.88 Å². The smallest absolute Gasteiger partial charge is 0.367 e. The van der Waals surface area contributed by atoms with E-state index in [1.165, 1.54) is 23.8 Å². The molecule has 1 saturated heterocycles. The Balaban J connectivity index is 1.21. The zero-order valence-corrected chi connectivity index (χ0v) is 27.0. The number of halogens is 3. The molecule has 8 rings (SSSR count). The number of hydrogen-bond acceptors (Lipinski definition) is 7. The highest BCUT2D eigenvalue weighted by atomic mass is 19.4. The van der Waals surface area contributed by atoms with Crippen LogP contribution in [0.3, 0.4) is 0 Å². The molecule has 1 atom stereocenters. The Hall–Kier alpha value is -4.76. The van der Waals surface area contributed by atoms with Crippen LogP contribution in [-0.4, -0.2) is 49.7 Å². The maximum absolute atomic E-state index is 14.6. The Morgan fingerprint density at radius 1 is 1.06 bits per heavy atom. The molecule has 4 heterocycles. The molecule has 9 nitrogen and oxygen atoms in total. The van der Waals surface area contributed by atoms with Gasteiger partial charge in [-0.25, -0.2) is 4.98 Å². The van der Waals surface area contributed by atoms with E-state index in [9.17, 15) is 23.2 Å². The minimum atomic E-state index is -4.62. The molecule has 0 radical (unpaired) electrons. The average molecular weight is 653 g/mol. The number of fused-ring (bicyclic) bond motifs is 1. The number of anilines is 2. The first-order valence-electron chi connectivity index (χ1n) is 16.3. The van der Waals surface area contributed by atoms with Gasteiger partial charge in [-0.2, -0.15) is 18.4 Å². The molecule has 246 valence electrons. The highest BCUT2D eigenvalue weighted by Crippen LogP contribution is 2.53. The van der Waals surface area contributed by atoms with Gasteiger partial charge in [0.25, 0.3) is 5.91 Å². The van der Waals surface area contributed by atoms with Crippen molar-refractivity contribution in [1.29, 1.82) is 5.26 Å². The molecular weight excluding hydrogens is 617 g/mol. The van der Waals surface area contributed by atoms with Crippen molar-refractivity contribution in [3.8, 4) is 28.6 Å². The molecular formula is C36H35F3N8O. The normalized spacial score (nSPS) is 20.6. The van der Waals surface area contributed by atoms with E-state index in [1.807, 2.05) is 13.1 Å². The van der Waals surface area contributed by atoms with Crippen molar-refractivity contribution >= 4 is 17.5 Å². The summed E-state index contributed by atoms with van der Waals surface area (Å²) in [6.07, 6.45) is 1.31. The molecule has 1 N–H and O–H groups in total. The number of alkyl halides is 3. The number of amides is 1. The minimum Gasteiger partial charge on any atom is -0.367 e. The van der Waals surface area contributed by atoms with E-state index >= 15 is 0 Å². The van der Waals surface area contributed by atoms with Gasteiger partial charge in [0.05, 0.1) is 23.7 Å². The summed E-state index contributed by atoms with van der Waals surface area (Å²) in [5.74, 6) is 0.779. The fraction of sp³-hybridized carbons (Fsp3) is 0.417. The number of carbonyl (C=O) groups excluding carboxylic acids is 1. The summed E-state index contributed by atoms with van der Waals surface area (Å²) in [6.45, 7) is 6.15. The van der Waals surface area contributed by atoms with Crippen LogP contribution in [0.1, 0.15) is 72.1 Å². The number of aryl methyl sites for hydroxylation is 1. The van der Waals surface area contributed by atoms with Gasteiger partial charge in [-0.3, -0.25) is 14.6 Å². The van der Waals surface area contributed by atoms with Gasteiger partial charge in [0.15, 0.2) is 5.82 Å². The van der Waals surface area contributed by atoms with Crippen molar-refractivity contribution < 1.29 is 18.0 Å². The molecule has 2 aliphatic carbocycles. The van der Waals surface area contributed by atoms with E-state index in [-0.39, 0.29) is 34.9 Å². The lowest BCUT2D eigenvalue weighted by Crippen LogP contribution is -2.25. The van der Waals surface area contributed by atoms with Crippen LogP contribution < -0.4 is 10.2 Å². The van der Waals surface area contributed by atoms with Crippen LogP contribution in [0.15, 0.2) is 48.8 Å². The molecule has 4 aromatic rings. The monoisotopic (exact) mass is 652 g/mol. The number of rotatable bonds is 7. The summed E-state index contributed by atoms with van der Waals surface area (Å²) in [4.78, 5) is 22.4. The summed E-state index contributed by atoms with van der Waals surface area (Å²) < 4.78 is 45.5. The lowest BCUT2D eigenvalue weighted by atomic mass is 9.97. The molecule has 4 aliphatic rings. The summed E-state index contributed by atoms with van der Waals surface area (Å²) in [7, 11) is 1.82. The zero-order valence-electron chi connectivity index (χ0n) is 27.0. The van der Waals surface area contributed by atoms with Crippen LogP contribution in [0, 0.1) is 22.2 Å². The third-order valence-corrected chi connectivity index (χ3v) is 10.6. The SMILES string of the molecule is Cn1cnnc1-c1ccc(C#N)cc1-c1cc(N[C@H]2CC2(C)C)nc(N2Cc3c(cc(CN4CCC5(CC5)C4)cc3C(F)(F)F)C2=O)c1. The highest BCUT2D eigenvalue weighted by Gasteiger charge is 2.48. The van der Waals surface area contributed by atoms with Crippen molar-refractivity contribution in [2.45, 2.75) is 64.8 Å². The Kier molecular flexibility index (Phi) is 6.76. The third-order valence-electron chi connectivity index (χ3n) is 10.6. The molecule has 2 saturated carbocycles.